The van der Waals surface area contributed by atoms with Gasteiger partial charge in [-0.15, -0.1) is 0 Å². The Kier molecular flexibility index (Phi) is 2.73. The standard InChI is InChI=1S/C10H8ClNO3S/c1-7-12-9(6-15-7)8-4-2-3-5-10(8)16(11,13)14/h2-6H,1H3. The van der Waals surface area contributed by atoms with Gasteiger partial charge in [0.2, 0.25) is 0 Å². The highest BCUT2D eigenvalue weighted by molar-refractivity contribution is 8.13. The maximum Gasteiger partial charge on any atom is 0.261 e. The highest BCUT2D eigenvalue weighted by Crippen LogP contribution is 2.28. The Morgan fingerprint density at radius 2 is 2.00 bits per heavy atom. The largest absolute Gasteiger partial charge is 0.449 e. The van der Waals surface area contributed by atoms with Crippen LogP contribution in [0.2, 0.25) is 0 Å². The lowest BCUT2D eigenvalue weighted by molar-refractivity contribution is 0.521. The summed E-state index contributed by atoms with van der Waals surface area (Å²) in [5.41, 5.74) is 0.895. The molecule has 0 N–H and O–H groups in total. The molecule has 0 amide bonds. The summed E-state index contributed by atoms with van der Waals surface area (Å²) in [5, 5.41) is 0. The molecule has 0 unspecified atom stereocenters. The molecule has 84 valence electrons. The van der Waals surface area contributed by atoms with E-state index in [9.17, 15) is 8.42 Å². The molecule has 4 nitrogen and oxygen atoms in total. The molecular weight excluding hydrogens is 250 g/mol. The normalized spacial score (nSPS) is 11.6. The van der Waals surface area contributed by atoms with Gasteiger partial charge >= 0.3 is 0 Å². The Labute approximate surface area is 97.3 Å². The van der Waals surface area contributed by atoms with Crippen molar-refractivity contribution in [2.45, 2.75) is 11.8 Å². The van der Waals surface area contributed by atoms with Crippen LogP contribution in [0.3, 0.4) is 0 Å². The van der Waals surface area contributed by atoms with Crippen LogP contribution in [-0.2, 0) is 9.05 Å². The molecule has 6 heteroatoms. The van der Waals surface area contributed by atoms with Crippen LogP contribution in [0.1, 0.15) is 5.89 Å². The predicted octanol–water partition coefficient (Wildman–Crippen LogP) is 2.58. The molecule has 0 saturated carbocycles. The van der Waals surface area contributed by atoms with Crippen molar-refractivity contribution in [3.8, 4) is 11.3 Å². The number of nitrogens with zero attached hydrogens (tertiary/aromatic N) is 1. The van der Waals surface area contributed by atoms with Gasteiger partial charge in [-0.25, -0.2) is 13.4 Å². The summed E-state index contributed by atoms with van der Waals surface area (Å²) >= 11 is 0. The van der Waals surface area contributed by atoms with E-state index in [-0.39, 0.29) is 4.90 Å². The highest BCUT2D eigenvalue weighted by Gasteiger charge is 2.17. The van der Waals surface area contributed by atoms with E-state index in [2.05, 4.69) is 4.98 Å². The van der Waals surface area contributed by atoms with E-state index < -0.39 is 9.05 Å². The smallest absolute Gasteiger partial charge is 0.261 e. The van der Waals surface area contributed by atoms with Crippen molar-refractivity contribution in [3.05, 3.63) is 36.4 Å². The second-order valence-corrected chi connectivity index (χ2v) is 5.72. The zero-order chi connectivity index (χ0) is 11.8. The number of benzene rings is 1. The number of hydrogen-bond acceptors (Lipinski definition) is 4. The average molecular weight is 258 g/mol. The molecule has 1 heterocycles. The van der Waals surface area contributed by atoms with Gasteiger partial charge in [-0.1, -0.05) is 18.2 Å². The van der Waals surface area contributed by atoms with Crippen molar-refractivity contribution >= 4 is 19.7 Å². The summed E-state index contributed by atoms with van der Waals surface area (Å²) in [4.78, 5) is 4.10. The third kappa shape index (κ3) is 2.10. The third-order valence-electron chi connectivity index (χ3n) is 2.04. The summed E-state index contributed by atoms with van der Waals surface area (Å²) in [5.74, 6) is 0.469. The zero-order valence-electron chi connectivity index (χ0n) is 8.34. The minimum atomic E-state index is -3.78. The molecule has 1 aromatic carbocycles. The quantitative estimate of drug-likeness (QED) is 0.776. The van der Waals surface area contributed by atoms with Gasteiger partial charge in [0.25, 0.3) is 9.05 Å². The monoisotopic (exact) mass is 257 g/mol. The van der Waals surface area contributed by atoms with E-state index >= 15 is 0 Å². The second-order valence-electron chi connectivity index (χ2n) is 3.19. The summed E-state index contributed by atoms with van der Waals surface area (Å²) in [6.07, 6.45) is 1.40. The van der Waals surface area contributed by atoms with Crippen molar-refractivity contribution in [3.63, 3.8) is 0 Å². The van der Waals surface area contributed by atoms with Crippen LogP contribution in [0.25, 0.3) is 11.3 Å². The average Bonchev–Trinajstić information content (AvgIpc) is 2.64. The van der Waals surface area contributed by atoms with Gasteiger partial charge in [-0.2, -0.15) is 0 Å². The molecule has 0 spiro atoms. The molecule has 0 radical (unpaired) electrons. The summed E-state index contributed by atoms with van der Waals surface area (Å²) in [6, 6.07) is 6.38. The molecule has 0 aliphatic rings. The Balaban J connectivity index is 2.66. The summed E-state index contributed by atoms with van der Waals surface area (Å²) in [7, 11) is 1.55. The SMILES string of the molecule is Cc1nc(-c2ccccc2S(=O)(=O)Cl)co1. The minimum Gasteiger partial charge on any atom is -0.449 e. The predicted molar refractivity (Wildman–Crippen MR) is 59.7 cm³/mol. The number of aromatic nitrogens is 1. The van der Waals surface area contributed by atoms with E-state index in [1.807, 2.05) is 0 Å². The van der Waals surface area contributed by atoms with Crippen molar-refractivity contribution < 1.29 is 12.8 Å². The van der Waals surface area contributed by atoms with Crippen LogP contribution >= 0.6 is 10.7 Å². The number of hydrogen-bond donors (Lipinski definition) is 0. The van der Waals surface area contributed by atoms with E-state index in [0.29, 0.717) is 17.1 Å². The Morgan fingerprint density at radius 3 is 2.56 bits per heavy atom. The molecule has 0 saturated heterocycles. The topological polar surface area (TPSA) is 60.2 Å². The third-order valence-corrected chi connectivity index (χ3v) is 3.42. The first-order valence-corrected chi connectivity index (χ1v) is 6.75. The lowest BCUT2D eigenvalue weighted by atomic mass is 10.2. The van der Waals surface area contributed by atoms with Gasteiger partial charge in [-0.3, -0.25) is 0 Å². The molecule has 2 rings (SSSR count). The van der Waals surface area contributed by atoms with E-state index in [1.54, 1.807) is 25.1 Å². The highest BCUT2D eigenvalue weighted by atomic mass is 35.7. The van der Waals surface area contributed by atoms with Crippen LogP contribution in [0.15, 0.2) is 39.8 Å². The summed E-state index contributed by atoms with van der Waals surface area (Å²) < 4.78 is 27.7. The van der Waals surface area contributed by atoms with Gasteiger partial charge < -0.3 is 4.42 Å². The fourth-order valence-electron chi connectivity index (χ4n) is 1.38. The van der Waals surface area contributed by atoms with Crippen LogP contribution in [0.5, 0.6) is 0 Å². The molecule has 0 aliphatic carbocycles. The van der Waals surface area contributed by atoms with Crippen LogP contribution in [0, 0.1) is 6.92 Å². The fraction of sp³-hybridized carbons (Fsp3) is 0.100. The van der Waals surface area contributed by atoms with Crippen molar-refractivity contribution in [2.75, 3.05) is 0 Å². The van der Waals surface area contributed by atoms with Crippen LogP contribution < -0.4 is 0 Å². The van der Waals surface area contributed by atoms with Gasteiger partial charge in [0.15, 0.2) is 5.89 Å². The molecule has 0 fully saturated rings. The maximum absolute atomic E-state index is 11.3. The maximum atomic E-state index is 11.3. The summed E-state index contributed by atoms with van der Waals surface area (Å²) in [6.45, 7) is 1.68. The molecule has 16 heavy (non-hydrogen) atoms. The van der Waals surface area contributed by atoms with Crippen molar-refractivity contribution in [2.24, 2.45) is 0 Å². The number of rotatable bonds is 2. The second kappa shape index (κ2) is 3.92. The Morgan fingerprint density at radius 1 is 1.31 bits per heavy atom. The van der Waals surface area contributed by atoms with E-state index in [1.165, 1.54) is 12.3 Å². The lowest BCUT2D eigenvalue weighted by Crippen LogP contribution is -1.94. The van der Waals surface area contributed by atoms with Gasteiger partial charge in [0.1, 0.15) is 12.0 Å². The van der Waals surface area contributed by atoms with E-state index in [0.717, 1.165) is 0 Å². The van der Waals surface area contributed by atoms with Crippen LogP contribution in [-0.4, -0.2) is 13.4 Å². The van der Waals surface area contributed by atoms with Crippen molar-refractivity contribution in [1.29, 1.82) is 0 Å². The van der Waals surface area contributed by atoms with Crippen LogP contribution in [0.4, 0.5) is 0 Å². The molecule has 0 aliphatic heterocycles. The zero-order valence-corrected chi connectivity index (χ0v) is 9.92. The molecule has 1 aromatic heterocycles. The van der Waals surface area contributed by atoms with E-state index in [4.69, 9.17) is 15.1 Å². The number of aryl methyl sites for hydroxylation is 1. The number of halogens is 1. The Bertz CT molecular complexity index is 618. The van der Waals surface area contributed by atoms with Gasteiger partial charge in [-0.05, 0) is 6.07 Å². The van der Waals surface area contributed by atoms with Crippen molar-refractivity contribution in [1.82, 2.24) is 4.98 Å². The first-order valence-electron chi connectivity index (χ1n) is 4.44. The number of oxazole rings is 1. The minimum absolute atomic E-state index is 0.0324. The molecule has 0 bridgehead atoms. The molecule has 2 aromatic rings. The van der Waals surface area contributed by atoms with Gasteiger partial charge in [0, 0.05) is 23.2 Å². The van der Waals surface area contributed by atoms with Gasteiger partial charge in [0.05, 0.1) is 4.90 Å². The molecule has 0 atom stereocenters. The fourth-order valence-corrected chi connectivity index (χ4v) is 2.46. The lowest BCUT2D eigenvalue weighted by Gasteiger charge is -2.02. The first kappa shape index (κ1) is 11.2. The first-order chi connectivity index (χ1) is 7.48. The Hall–Kier alpha value is -1.33. The molecular formula is C10H8ClNO3S.